The van der Waals surface area contributed by atoms with Gasteiger partial charge in [-0.2, -0.15) is 0 Å². The van der Waals surface area contributed by atoms with E-state index in [0.717, 1.165) is 12.8 Å². The molecule has 0 aromatic heterocycles. The van der Waals surface area contributed by atoms with E-state index in [2.05, 4.69) is 12.2 Å². The summed E-state index contributed by atoms with van der Waals surface area (Å²) in [6, 6.07) is 0. The summed E-state index contributed by atoms with van der Waals surface area (Å²) in [7, 11) is 0. The summed E-state index contributed by atoms with van der Waals surface area (Å²) in [6.45, 7) is 3.01. The molecule has 3 heteroatoms. The molecule has 1 unspecified atom stereocenters. The Labute approximate surface area is 61.4 Å². The molecule has 0 bridgehead atoms. The second kappa shape index (κ2) is 6.55. The number of nitrogens with one attached hydrogen (secondary N) is 1. The zero-order valence-electron chi connectivity index (χ0n) is 6.34. The van der Waals surface area contributed by atoms with E-state index < -0.39 is 0 Å². The van der Waals surface area contributed by atoms with Crippen molar-refractivity contribution in [3.63, 3.8) is 0 Å². The Kier molecular flexibility index (Phi) is 6.18. The van der Waals surface area contributed by atoms with E-state index in [1.54, 1.807) is 0 Å². The highest BCUT2D eigenvalue weighted by molar-refractivity contribution is 5.45. The van der Waals surface area contributed by atoms with Crippen molar-refractivity contribution in [1.82, 2.24) is 5.32 Å². The van der Waals surface area contributed by atoms with Gasteiger partial charge in [-0.05, 0) is 18.8 Å². The van der Waals surface area contributed by atoms with E-state index in [1.807, 2.05) is 0 Å². The second-order valence-electron chi connectivity index (χ2n) is 2.48. The number of rotatable bonds is 6. The lowest BCUT2D eigenvalue weighted by Gasteiger charge is -2.07. The fourth-order valence-electron chi connectivity index (χ4n) is 0.753. The first-order valence-electron chi connectivity index (χ1n) is 3.59. The van der Waals surface area contributed by atoms with Gasteiger partial charge in [-0.25, -0.2) is 0 Å². The lowest BCUT2D eigenvalue weighted by atomic mass is 10.1. The quantitative estimate of drug-likeness (QED) is 0.412. The average Bonchev–Trinajstić information content (AvgIpc) is 1.89. The van der Waals surface area contributed by atoms with Gasteiger partial charge in [0.1, 0.15) is 0 Å². The van der Waals surface area contributed by atoms with E-state index in [9.17, 15) is 4.79 Å². The summed E-state index contributed by atoms with van der Waals surface area (Å²) in [6.07, 6.45) is 2.46. The minimum atomic E-state index is 0.238. The highest BCUT2D eigenvalue weighted by Crippen LogP contribution is 2.04. The molecular formula is C7H15NO2. The average molecular weight is 145 g/mol. The van der Waals surface area contributed by atoms with E-state index in [4.69, 9.17) is 5.11 Å². The molecule has 60 valence electrons. The molecule has 0 radical (unpaired) electrons. The van der Waals surface area contributed by atoms with Crippen molar-refractivity contribution in [3.05, 3.63) is 0 Å². The van der Waals surface area contributed by atoms with Crippen LogP contribution < -0.4 is 5.32 Å². The molecule has 0 heterocycles. The van der Waals surface area contributed by atoms with Gasteiger partial charge in [-0.15, -0.1) is 0 Å². The van der Waals surface area contributed by atoms with Crippen molar-refractivity contribution >= 4 is 6.41 Å². The van der Waals surface area contributed by atoms with Crippen LogP contribution in [0.1, 0.15) is 19.8 Å². The van der Waals surface area contributed by atoms with Gasteiger partial charge in [-0.1, -0.05) is 6.92 Å². The molecule has 0 aromatic rings. The predicted molar refractivity (Wildman–Crippen MR) is 39.6 cm³/mol. The summed E-state index contributed by atoms with van der Waals surface area (Å²) in [5.74, 6) is 0.498. The van der Waals surface area contributed by atoms with Gasteiger partial charge in [0.25, 0.3) is 0 Å². The fourth-order valence-corrected chi connectivity index (χ4v) is 0.753. The van der Waals surface area contributed by atoms with Crippen LogP contribution in [0.15, 0.2) is 0 Å². The highest BCUT2D eigenvalue weighted by Gasteiger charge is 1.98. The van der Waals surface area contributed by atoms with Gasteiger partial charge < -0.3 is 10.4 Å². The van der Waals surface area contributed by atoms with Crippen molar-refractivity contribution < 1.29 is 9.90 Å². The molecule has 0 aliphatic carbocycles. The number of carbonyl (C=O) groups excluding carboxylic acids is 1. The van der Waals surface area contributed by atoms with Crippen molar-refractivity contribution in [2.45, 2.75) is 19.8 Å². The standard InChI is InChI=1S/C7H15NO2/c1-7(3-5-9)2-4-8-6-10/h6-7,9H,2-5H2,1H3,(H,8,10). The molecule has 0 aliphatic rings. The monoisotopic (exact) mass is 145 g/mol. The maximum Gasteiger partial charge on any atom is 0.207 e. The third-order valence-electron chi connectivity index (χ3n) is 1.49. The Bertz CT molecular complexity index is 85.7. The Morgan fingerprint density at radius 3 is 2.80 bits per heavy atom. The summed E-state index contributed by atoms with van der Waals surface area (Å²) < 4.78 is 0. The van der Waals surface area contributed by atoms with Gasteiger partial charge in [-0.3, -0.25) is 4.79 Å². The lowest BCUT2D eigenvalue weighted by Crippen LogP contribution is -2.15. The molecule has 0 aliphatic heterocycles. The Morgan fingerprint density at radius 2 is 2.30 bits per heavy atom. The topological polar surface area (TPSA) is 49.3 Å². The number of carbonyl (C=O) groups is 1. The maximum absolute atomic E-state index is 9.78. The third-order valence-corrected chi connectivity index (χ3v) is 1.49. The first-order valence-corrected chi connectivity index (χ1v) is 3.59. The Morgan fingerprint density at radius 1 is 1.60 bits per heavy atom. The molecule has 3 nitrogen and oxygen atoms in total. The molecule has 0 fully saturated rings. The number of aliphatic hydroxyl groups is 1. The van der Waals surface area contributed by atoms with E-state index in [0.29, 0.717) is 18.9 Å². The second-order valence-corrected chi connectivity index (χ2v) is 2.48. The van der Waals surface area contributed by atoms with Crippen LogP contribution in [-0.2, 0) is 4.79 Å². The normalized spacial score (nSPS) is 12.6. The summed E-state index contributed by atoms with van der Waals surface area (Å²) in [5, 5.41) is 11.1. The van der Waals surface area contributed by atoms with E-state index in [1.165, 1.54) is 0 Å². The summed E-state index contributed by atoms with van der Waals surface area (Å²) in [5.41, 5.74) is 0. The number of hydrogen-bond acceptors (Lipinski definition) is 2. The fraction of sp³-hybridized carbons (Fsp3) is 0.857. The van der Waals surface area contributed by atoms with Gasteiger partial charge in [0.05, 0.1) is 0 Å². The zero-order chi connectivity index (χ0) is 7.82. The van der Waals surface area contributed by atoms with Crippen LogP contribution in [0.3, 0.4) is 0 Å². The third kappa shape index (κ3) is 5.56. The highest BCUT2D eigenvalue weighted by atomic mass is 16.3. The van der Waals surface area contributed by atoms with E-state index in [-0.39, 0.29) is 6.61 Å². The maximum atomic E-state index is 9.78. The van der Waals surface area contributed by atoms with Crippen LogP contribution in [-0.4, -0.2) is 24.7 Å². The Balaban J connectivity index is 3.04. The summed E-state index contributed by atoms with van der Waals surface area (Å²) in [4.78, 5) is 9.78. The van der Waals surface area contributed by atoms with Gasteiger partial charge >= 0.3 is 0 Å². The molecule has 0 saturated heterocycles. The van der Waals surface area contributed by atoms with Gasteiger partial charge in [0.15, 0.2) is 0 Å². The first kappa shape index (κ1) is 9.43. The molecule has 2 N–H and O–H groups in total. The van der Waals surface area contributed by atoms with Crippen LogP contribution in [0.2, 0.25) is 0 Å². The van der Waals surface area contributed by atoms with Crippen molar-refractivity contribution in [3.8, 4) is 0 Å². The molecule has 0 saturated carbocycles. The predicted octanol–water partition coefficient (Wildman–Crippen LogP) is 0.141. The number of amides is 1. The van der Waals surface area contributed by atoms with Crippen molar-refractivity contribution in [1.29, 1.82) is 0 Å². The number of hydrogen-bond donors (Lipinski definition) is 2. The minimum absolute atomic E-state index is 0.238. The van der Waals surface area contributed by atoms with Crippen molar-refractivity contribution in [2.24, 2.45) is 5.92 Å². The largest absolute Gasteiger partial charge is 0.396 e. The van der Waals surface area contributed by atoms with Crippen LogP contribution >= 0.6 is 0 Å². The molecular weight excluding hydrogens is 130 g/mol. The zero-order valence-corrected chi connectivity index (χ0v) is 6.34. The Hall–Kier alpha value is -0.570. The summed E-state index contributed by atoms with van der Waals surface area (Å²) >= 11 is 0. The minimum Gasteiger partial charge on any atom is -0.396 e. The van der Waals surface area contributed by atoms with Crippen LogP contribution in [0.5, 0.6) is 0 Å². The van der Waals surface area contributed by atoms with E-state index >= 15 is 0 Å². The number of aliphatic hydroxyl groups excluding tert-OH is 1. The van der Waals surface area contributed by atoms with Gasteiger partial charge in [0.2, 0.25) is 6.41 Å². The van der Waals surface area contributed by atoms with Crippen LogP contribution in [0, 0.1) is 5.92 Å². The SMILES string of the molecule is CC(CCO)CCNC=O. The molecule has 0 spiro atoms. The van der Waals surface area contributed by atoms with Crippen molar-refractivity contribution in [2.75, 3.05) is 13.2 Å². The lowest BCUT2D eigenvalue weighted by molar-refractivity contribution is -0.109. The molecule has 1 amide bonds. The molecule has 0 rings (SSSR count). The molecule has 0 aromatic carbocycles. The molecule has 10 heavy (non-hydrogen) atoms. The van der Waals surface area contributed by atoms with Crippen LogP contribution in [0.4, 0.5) is 0 Å². The van der Waals surface area contributed by atoms with Crippen LogP contribution in [0.25, 0.3) is 0 Å². The van der Waals surface area contributed by atoms with Gasteiger partial charge in [0, 0.05) is 13.2 Å². The first-order chi connectivity index (χ1) is 4.81. The smallest absolute Gasteiger partial charge is 0.207 e. The molecule has 1 atom stereocenters.